The summed E-state index contributed by atoms with van der Waals surface area (Å²) in [4.78, 5) is 31.9. The molecule has 2 saturated heterocycles. The number of methoxy groups -OCH3 is 1. The zero-order valence-corrected chi connectivity index (χ0v) is 25.1. The summed E-state index contributed by atoms with van der Waals surface area (Å²) in [6, 6.07) is 0. The highest BCUT2D eigenvalue weighted by molar-refractivity contribution is 8.08. The lowest BCUT2D eigenvalue weighted by Crippen LogP contribution is -2.60. The number of halogens is 2. The SMILES string of the molecule is C#C[C@]1(OC)[C@H](c2csc(C(N)=O)c2N)O[C@](F)(COP(O)(=S)OP(=O)(O)OC2OC([C@@H](F)CO)C(O)C(O)C2O)[C@H]1O. The molecule has 3 rings (SSSR count). The molecule has 0 aromatic carbocycles. The third-order valence-corrected chi connectivity index (χ3v) is 11.0. The van der Waals surface area contributed by atoms with Crippen LogP contribution in [0.4, 0.5) is 14.5 Å². The molecule has 17 nitrogen and oxygen atoms in total. The van der Waals surface area contributed by atoms with Crippen LogP contribution in [-0.2, 0) is 43.9 Å². The number of amides is 1. The van der Waals surface area contributed by atoms with Gasteiger partial charge in [-0.1, -0.05) is 5.92 Å². The number of terminal acetylenes is 1. The molecular formula is C20H28F2N2O15P2S2. The van der Waals surface area contributed by atoms with E-state index in [0.29, 0.717) is 0 Å². The van der Waals surface area contributed by atoms with Crippen molar-refractivity contribution in [2.24, 2.45) is 5.73 Å². The fraction of sp³-hybridized carbons (Fsp3) is 0.650. The maximum atomic E-state index is 16.0. The van der Waals surface area contributed by atoms with Crippen molar-refractivity contribution in [2.75, 3.05) is 26.1 Å². The number of primary amides is 1. The van der Waals surface area contributed by atoms with Gasteiger partial charge in [0.05, 0.1) is 12.3 Å². The van der Waals surface area contributed by atoms with Crippen LogP contribution < -0.4 is 11.5 Å². The minimum absolute atomic E-state index is 0.0986. The van der Waals surface area contributed by atoms with Gasteiger partial charge in [-0.05, 0) is 17.2 Å². The lowest BCUT2D eigenvalue weighted by atomic mass is 9.87. The Balaban J connectivity index is 1.77. The minimum Gasteiger partial charge on any atom is -0.397 e. The predicted molar refractivity (Wildman–Crippen MR) is 143 cm³/mol. The van der Waals surface area contributed by atoms with Crippen LogP contribution in [0.25, 0.3) is 0 Å². The molecule has 244 valence electrons. The summed E-state index contributed by atoms with van der Waals surface area (Å²) < 4.78 is 71.5. The number of hydrogen-bond donors (Lipinski definition) is 9. The molecule has 2 aliphatic heterocycles. The second kappa shape index (κ2) is 13.2. The van der Waals surface area contributed by atoms with Crippen molar-refractivity contribution >= 4 is 49.3 Å². The number of ether oxygens (including phenoxy) is 3. The first-order chi connectivity index (χ1) is 19.8. The highest BCUT2D eigenvalue weighted by atomic mass is 32.5. The average Bonchev–Trinajstić information content (AvgIpc) is 3.41. The number of hydrogen-bond acceptors (Lipinski definition) is 16. The number of aliphatic hydroxyl groups excluding tert-OH is 5. The molecule has 0 saturated carbocycles. The van der Waals surface area contributed by atoms with Crippen LogP contribution in [0.5, 0.6) is 0 Å². The molecule has 11 N–H and O–H groups in total. The lowest BCUT2D eigenvalue weighted by Gasteiger charge is -2.41. The van der Waals surface area contributed by atoms with Crippen molar-refractivity contribution in [3.8, 4) is 12.3 Å². The summed E-state index contributed by atoms with van der Waals surface area (Å²) in [5, 5.41) is 50.8. The van der Waals surface area contributed by atoms with Gasteiger partial charge in [-0.25, -0.2) is 17.7 Å². The molecule has 3 heterocycles. The summed E-state index contributed by atoms with van der Waals surface area (Å²) in [6.07, 6.45) is -11.9. The monoisotopic (exact) mass is 700 g/mol. The van der Waals surface area contributed by atoms with E-state index in [4.69, 9.17) is 41.7 Å². The maximum absolute atomic E-state index is 16.0. The summed E-state index contributed by atoms with van der Waals surface area (Å²) in [5.41, 5.74) is 8.52. The van der Waals surface area contributed by atoms with Crippen LogP contribution in [0.2, 0.25) is 0 Å². The Bertz CT molecular complexity index is 1340. The molecule has 2 aliphatic rings. The van der Waals surface area contributed by atoms with Gasteiger partial charge in [-0.3, -0.25) is 9.32 Å². The molecule has 12 atom stereocenters. The molecule has 0 spiro atoms. The highest BCUT2D eigenvalue weighted by Crippen LogP contribution is 2.62. The van der Waals surface area contributed by atoms with Crippen molar-refractivity contribution in [2.45, 2.75) is 60.5 Å². The van der Waals surface area contributed by atoms with Crippen molar-refractivity contribution in [1.29, 1.82) is 0 Å². The van der Waals surface area contributed by atoms with Crippen LogP contribution >= 0.6 is 25.9 Å². The summed E-state index contributed by atoms with van der Waals surface area (Å²) in [6.45, 7) is -7.77. The Labute approximate surface area is 250 Å². The van der Waals surface area contributed by atoms with Gasteiger partial charge in [-0.2, -0.15) is 0 Å². The minimum atomic E-state index is -5.67. The van der Waals surface area contributed by atoms with Gasteiger partial charge in [-0.15, -0.1) is 17.8 Å². The molecule has 2 fully saturated rings. The molecule has 0 radical (unpaired) electrons. The number of phosphoric ester groups is 1. The van der Waals surface area contributed by atoms with Crippen molar-refractivity contribution in [3.05, 3.63) is 15.8 Å². The average molecular weight is 701 g/mol. The molecule has 1 aromatic rings. The number of phosphoric acid groups is 1. The Morgan fingerprint density at radius 3 is 2.44 bits per heavy atom. The number of carbonyl (C=O) groups excluding carboxylic acids is 1. The fourth-order valence-corrected chi connectivity index (χ4v) is 8.20. The van der Waals surface area contributed by atoms with Gasteiger partial charge in [0.15, 0.2) is 24.2 Å². The number of nitrogen functional groups attached to an aromatic ring is 1. The zero-order valence-electron chi connectivity index (χ0n) is 21.7. The number of rotatable bonds is 12. The van der Waals surface area contributed by atoms with E-state index >= 15 is 4.39 Å². The number of alkyl halides is 2. The predicted octanol–water partition coefficient (Wildman–Crippen LogP) is -1.95. The molecule has 0 aliphatic carbocycles. The smallest absolute Gasteiger partial charge is 0.397 e. The first kappa shape index (κ1) is 36.2. The Morgan fingerprint density at radius 1 is 1.30 bits per heavy atom. The van der Waals surface area contributed by atoms with Gasteiger partial charge < -0.3 is 65.5 Å². The standard InChI is InChI=1S/C20H28F2N2O15P2S2/c1-3-19(34-2)15(7-5-43-14(9(7)23)16(24)29)37-20(22,18(19)30)6-35-41(33,42)39-40(31,32)38-17-12(28)10(26)11(27)13(36-17)8(21)4-25/h1,5,8,10-13,15,17-18,25-28,30H,4,6,23H2,2H3,(H2,24,29)(H,31,32)(H,33,42)/t8-,10?,11?,12?,13?,15-,17?,18-,19-,20+,41?/m0/s1. The molecule has 43 heavy (non-hydrogen) atoms. The van der Waals surface area contributed by atoms with Crippen molar-refractivity contribution < 1.29 is 81.0 Å². The van der Waals surface area contributed by atoms with E-state index in [1.165, 1.54) is 5.38 Å². The number of nitrogens with two attached hydrogens (primary N) is 2. The third kappa shape index (κ3) is 7.11. The summed E-state index contributed by atoms with van der Waals surface area (Å²) in [7, 11) is -4.68. The number of carbonyl (C=O) groups is 1. The molecule has 0 bridgehead atoms. The van der Waals surface area contributed by atoms with Crippen LogP contribution in [0.1, 0.15) is 21.3 Å². The summed E-state index contributed by atoms with van der Waals surface area (Å²) in [5.74, 6) is -2.24. The van der Waals surface area contributed by atoms with E-state index in [1.54, 1.807) is 0 Å². The number of thiophene rings is 1. The van der Waals surface area contributed by atoms with Crippen molar-refractivity contribution in [3.63, 3.8) is 0 Å². The largest absolute Gasteiger partial charge is 0.481 e. The highest BCUT2D eigenvalue weighted by Gasteiger charge is 2.66. The van der Waals surface area contributed by atoms with E-state index in [1.807, 2.05) is 0 Å². The quantitative estimate of drug-likeness (QED) is 0.0846. The Morgan fingerprint density at radius 2 is 1.93 bits per heavy atom. The normalized spacial score (nSPS) is 38.1. The second-order valence-electron chi connectivity index (χ2n) is 9.16. The van der Waals surface area contributed by atoms with Crippen LogP contribution in [-0.4, -0.2) is 116 Å². The maximum Gasteiger partial charge on any atom is 0.481 e. The van der Waals surface area contributed by atoms with Crippen LogP contribution in [0, 0.1) is 12.3 Å². The van der Waals surface area contributed by atoms with Crippen LogP contribution in [0.15, 0.2) is 5.38 Å². The van der Waals surface area contributed by atoms with Crippen molar-refractivity contribution in [1.82, 2.24) is 0 Å². The van der Waals surface area contributed by atoms with E-state index < -0.39 is 94.2 Å². The van der Waals surface area contributed by atoms with E-state index in [2.05, 4.69) is 26.6 Å². The first-order valence-electron chi connectivity index (χ1n) is 11.7. The lowest BCUT2D eigenvalue weighted by molar-refractivity contribution is -0.287. The zero-order chi connectivity index (χ0) is 32.7. The molecular weight excluding hydrogens is 672 g/mol. The van der Waals surface area contributed by atoms with Gasteiger partial charge in [0.25, 0.3) is 11.8 Å². The Kier molecular flexibility index (Phi) is 11.1. The Hall–Kier alpha value is -1.25. The topological polar surface area (TPSA) is 283 Å². The number of anilines is 1. The fourth-order valence-electron chi connectivity index (χ4n) is 4.26. The van der Waals surface area contributed by atoms with E-state index in [-0.39, 0.29) is 16.1 Å². The van der Waals surface area contributed by atoms with E-state index in [0.717, 1.165) is 18.4 Å². The molecule has 23 heteroatoms. The van der Waals surface area contributed by atoms with Gasteiger partial charge in [0.1, 0.15) is 42.0 Å². The molecule has 1 aromatic heterocycles. The van der Waals surface area contributed by atoms with Gasteiger partial charge in [0, 0.05) is 12.7 Å². The van der Waals surface area contributed by atoms with Gasteiger partial charge >= 0.3 is 14.5 Å². The third-order valence-electron chi connectivity index (χ3n) is 6.45. The first-order valence-corrected chi connectivity index (χ1v) is 16.6. The number of aliphatic hydroxyl groups is 5. The summed E-state index contributed by atoms with van der Waals surface area (Å²) >= 11 is 5.37. The van der Waals surface area contributed by atoms with Gasteiger partial charge in [0.2, 0.25) is 0 Å². The van der Waals surface area contributed by atoms with Crippen LogP contribution in [0.3, 0.4) is 0 Å². The van der Waals surface area contributed by atoms with E-state index in [9.17, 15) is 44.0 Å². The molecule has 1 amide bonds. The molecule has 7 unspecified atom stereocenters. The second-order valence-corrected chi connectivity index (χ2v) is 14.4.